The zero-order chi connectivity index (χ0) is 23.6. The third-order valence-corrected chi connectivity index (χ3v) is 6.27. The van der Waals surface area contributed by atoms with Gasteiger partial charge in [-0.25, -0.2) is 0 Å². The van der Waals surface area contributed by atoms with Crippen molar-refractivity contribution in [2.45, 2.75) is 51.7 Å². The molecule has 0 saturated heterocycles. The van der Waals surface area contributed by atoms with E-state index >= 15 is 0 Å². The SMILES string of the molecule is CCC(C)NC(=O)C(Cc1ccccc1)N(Cc1ccc(Br)cc1)C(=O)Cc1ccccc1. The summed E-state index contributed by atoms with van der Waals surface area (Å²) < 4.78 is 0.976. The molecule has 0 aliphatic rings. The Morgan fingerprint density at radius 3 is 2.00 bits per heavy atom. The van der Waals surface area contributed by atoms with E-state index in [-0.39, 0.29) is 24.3 Å². The number of nitrogens with one attached hydrogen (secondary N) is 1. The summed E-state index contributed by atoms with van der Waals surface area (Å²) in [7, 11) is 0. The standard InChI is InChI=1S/C28H31BrN2O2/c1-3-21(2)30-28(33)26(18-22-10-6-4-7-11-22)31(20-24-14-16-25(29)17-15-24)27(32)19-23-12-8-5-9-13-23/h4-17,21,26H,3,18-20H2,1-2H3,(H,30,33). The highest BCUT2D eigenvalue weighted by Crippen LogP contribution is 2.18. The monoisotopic (exact) mass is 506 g/mol. The number of halogens is 1. The summed E-state index contributed by atoms with van der Waals surface area (Å²) >= 11 is 3.47. The lowest BCUT2D eigenvalue weighted by molar-refractivity contribution is -0.141. The largest absolute Gasteiger partial charge is 0.352 e. The quantitative estimate of drug-likeness (QED) is 0.392. The highest BCUT2D eigenvalue weighted by atomic mass is 79.9. The third kappa shape index (κ3) is 7.57. The third-order valence-electron chi connectivity index (χ3n) is 5.74. The predicted octanol–water partition coefficient (Wildman–Crippen LogP) is 5.55. The van der Waals surface area contributed by atoms with Crippen molar-refractivity contribution in [1.29, 1.82) is 0 Å². The van der Waals surface area contributed by atoms with Crippen molar-refractivity contribution in [3.05, 3.63) is 106 Å². The molecule has 5 heteroatoms. The molecule has 3 rings (SSSR count). The molecule has 2 atom stereocenters. The van der Waals surface area contributed by atoms with E-state index in [1.807, 2.05) is 98.8 Å². The molecule has 0 saturated carbocycles. The maximum absolute atomic E-state index is 13.6. The fraction of sp³-hybridized carbons (Fsp3) is 0.286. The van der Waals surface area contributed by atoms with Crippen LogP contribution in [0.15, 0.2) is 89.4 Å². The van der Waals surface area contributed by atoms with Crippen molar-refractivity contribution >= 4 is 27.7 Å². The molecule has 0 aromatic heterocycles. The van der Waals surface area contributed by atoms with E-state index in [1.54, 1.807) is 4.90 Å². The van der Waals surface area contributed by atoms with Crippen LogP contribution in [0.5, 0.6) is 0 Å². The molecule has 3 aromatic carbocycles. The Hall–Kier alpha value is -2.92. The van der Waals surface area contributed by atoms with Gasteiger partial charge in [-0.15, -0.1) is 0 Å². The summed E-state index contributed by atoms with van der Waals surface area (Å²) in [5.41, 5.74) is 2.94. The van der Waals surface area contributed by atoms with E-state index in [9.17, 15) is 9.59 Å². The molecule has 0 bridgehead atoms. The summed E-state index contributed by atoms with van der Waals surface area (Å²) in [4.78, 5) is 28.8. The normalized spacial score (nSPS) is 12.6. The van der Waals surface area contributed by atoms with Crippen molar-refractivity contribution < 1.29 is 9.59 Å². The first-order chi connectivity index (χ1) is 16.0. The molecule has 2 amide bonds. The van der Waals surface area contributed by atoms with E-state index in [0.29, 0.717) is 13.0 Å². The zero-order valence-electron chi connectivity index (χ0n) is 19.2. The van der Waals surface area contributed by atoms with Crippen molar-refractivity contribution in [3.63, 3.8) is 0 Å². The average Bonchev–Trinajstić information content (AvgIpc) is 2.83. The van der Waals surface area contributed by atoms with Gasteiger partial charge in [0.25, 0.3) is 0 Å². The first kappa shape index (κ1) is 24.7. The van der Waals surface area contributed by atoms with Crippen LogP contribution >= 0.6 is 15.9 Å². The Labute approximate surface area is 205 Å². The molecule has 33 heavy (non-hydrogen) atoms. The van der Waals surface area contributed by atoms with Gasteiger partial charge in [-0.1, -0.05) is 95.7 Å². The van der Waals surface area contributed by atoms with Crippen LogP contribution in [0, 0.1) is 0 Å². The van der Waals surface area contributed by atoms with Crippen molar-refractivity contribution in [2.75, 3.05) is 0 Å². The van der Waals surface area contributed by atoms with Crippen LogP contribution in [-0.2, 0) is 29.0 Å². The van der Waals surface area contributed by atoms with Gasteiger partial charge in [-0.3, -0.25) is 9.59 Å². The van der Waals surface area contributed by atoms with Gasteiger partial charge in [0.05, 0.1) is 6.42 Å². The summed E-state index contributed by atoms with van der Waals surface area (Å²) in [5, 5.41) is 3.10. The molecule has 2 unspecified atom stereocenters. The second kappa shape index (κ2) is 12.4. The van der Waals surface area contributed by atoms with Gasteiger partial charge < -0.3 is 10.2 Å². The first-order valence-electron chi connectivity index (χ1n) is 11.4. The fourth-order valence-electron chi connectivity index (χ4n) is 3.65. The summed E-state index contributed by atoms with van der Waals surface area (Å²) in [6, 6.07) is 26.9. The number of rotatable bonds is 10. The highest BCUT2D eigenvalue weighted by molar-refractivity contribution is 9.10. The van der Waals surface area contributed by atoms with Crippen LogP contribution < -0.4 is 5.32 Å². The van der Waals surface area contributed by atoms with Gasteiger partial charge in [-0.05, 0) is 42.2 Å². The summed E-state index contributed by atoms with van der Waals surface area (Å²) in [6.07, 6.45) is 1.54. The Morgan fingerprint density at radius 2 is 1.42 bits per heavy atom. The Bertz CT molecular complexity index is 1020. The molecular weight excluding hydrogens is 476 g/mol. The minimum atomic E-state index is -0.610. The molecular formula is C28H31BrN2O2. The van der Waals surface area contributed by atoms with Gasteiger partial charge in [-0.2, -0.15) is 0 Å². The minimum Gasteiger partial charge on any atom is -0.352 e. The van der Waals surface area contributed by atoms with Crippen LogP contribution in [-0.4, -0.2) is 28.8 Å². The van der Waals surface area contributed by atoms with E-state index in [2.05, 4.69) is 21.2 Å². The summed E-state index contributed by atoms with van der Waals surface area (Å²) in [5.74, 6) is -0.184. The zero-order valence-corrected chi connectivity index (χ0v) is 20.8. The molecule has 0 spiro atoms. The lowest BCUT2D eigenvalue weighted by Gasteiger charge is -2.32. The topological polar surface area (TPSA) is 49.4 Å². The van der Waals surface area contributed by atoms with Crippen LogP contribution in [0.3, 0.4) is 0 Å². The maximum Gasteiger partial charge on any atom is 0.243 e. The number of hydrogen-bond acceptors (Lipinski definition) is 2. The van der Waals surface area contributed by atoms with Gasteiger partial charge >= 0.3 is 0 Å². The lowest BCUT2D eigenvalue weighted by Crippen LogP contribution is -2.52. The van der Waals surface area contributed by atoms with Crippen LogP contribution in [0.25, 0.3) is 0 Å². The number of hydrogen-bond donors (Lipinski definition) is 1. The fourth-order valence-corrected chi connectivity index (χ4v) is 3.92. The average molecular weight is 507 g/mol. The van der Waals surface area contributed by atoms with Crippen molar-refractivity contribution in [2.24, 2.45) is 0 Å². The summed E-state index contributed by atoms with van der Waals surface area (Å²) in [6.45, 7) is 4.39. The highest BCUT2D eigenvalue weighted by Gasteiger charge is 2.30. The Kier molecular flexibility index (Phi) is 9.25. The smallest absolute Gasteiger partial charge is 0.243 e. The molecule has 0 aliphatic carbocycles. The maximum atomic E-state index is 13.6. The van der Waals surface area contributed by atoms with E-state index in [4.69, 9.17) is 0 Å². The van der Waals surface area contributed by atoms with Gasteiger partial charge in [0.15, 0.2) is 0 Å². The Morgan fingerprint density at radius 1 is 0.848 bits per heavy atom. The van der Waals surface area contributed by atoms with E-state index < -0.39 is 6.04 Å². The Balaban J connectivity index is 1.95. The minimum absolute atomic E-state index is 0.0366. The number of nitrogens with zero attached hydrogens (tertiary/aromatic N) is 1. The number of carbonyl (C=O) groups excluding carboxylic acids is 2. The van der Waals surface area contributed by atoms with E-state index in [0.717, 1.165) is 27.6 Å². The van der Waals surface area contributed by atoms with Crippen molar-refractivity contribution in [1.82, 2.24) is 10.2 Å². The second-order valence-corrected chi connectivity index (χ2v) is 9.25. The number of amides is 2. The van der Waals surface area contributed by atoms with E-state index in [1.165, 1.54) is 0 Å². The molecule has 0 fully saturated rings. The molecule has 0 radical (unpaired) electrons. The number of benzene rings is 3. The molecule has 172 valence electrons. The predicted molar refractivity (Wildman–Crippen MR) is 137 cm³/mol. The van der Waals surface area contributed by atoms with Crippen LogP contribution in [0.2, 0.25) is 0 Å². The van der Waals surface area contributed by atoms with Crippen molar-refractivity contribution in [3.8, 4) is 0 Å². The second-order valence-electron chi connectivity index (χ2n) is 8.33. The number of carbonyl (C=O) groups is 2. The lowest BCUT2D eigenvalue weighted by atomic mass is 10.0. The molecule has 4 nitrogen and oxygen atoms in total. The van der Waals surface area contributed by atoms with Gasteiger partial charge in [0, 0.05) is 23.5 Å². The van der Waals surface area contributed by atoms with Gasteiger partial charge in [0.1, 0.15) is 6.04 Å². The van der Waals surface area contributed by atoms with Gasteiger partial charge in [0.2, 0.25) is 11.8 Å². The van der Waals surface area contributed by atoms with Crippen LogP contribution in [0.1, 0.15) is 37.0 Å². The molecule has 0 aliphatic heterocycles. The van der Waals surface area contributed by atoms with Crippen LogP contribution in [0.4, 0.5) is 0 Å². The molecule has 1 N–H and O–H groups in total. The first-order valence-corrected chi connectivity index (χ1v) is 12.2. The molecule has 3 aromatic rings. The molecule has 0 heterocycles.